The molecule has 0 unspecified atom stereocenters. The second-order valence-corrected chi connectivity index (χ2v) is 7.56. The highest BCUT2D eigenvalue weighted by Gasteiger charge is 2.30. The summed E-state index contributed by atoms with van der Waals surface area (Å²) in [6.07, 6.45) is 3.55. The molecule has 122 valence electrons. The van der Waals surface area contributed by atoms with Crippen LogP contribution in [0.4, 0.5) is 0 Å². The molecule has 0 spiro atoms. The number of thiazole rings is 1. The molecule has 3 rings (SSSR count). The van der Waals surface area contributed by atoms with Gasteiger partial charge in [0.2, 0.25) is 5.91 Å². The van der Waals surface area contributed by atoms with Gasteiger partial charge in [0.25, 0.3) is 0 Å². The van der Waals surface area contributed by atoms with Crippen LogP contribution in [0.25, 0.3) is 0 Å². The standard InChI is InChI=1S/C19H24N2OS/c1-14(2)17-9-6-10-21(17)19(22)12-16-13-23-18(20-16)11-15-7-4-3-5-8-15/h3-5,7-8,13-14,17H,6,9-12H2,1-2H3/t17-/m1/s1. The van der Waals surface area contributed by atoms with Crippen molar-refractivity contribution in [3.63, 3.8) is 0 Å². The Balaban J connectivity index is 1.61. The molecule has 2 aromatic rings. The van der Waals surface area contributed by atoms with Crippen LogP contribution < -0.4 is 0 Å². The summed E-state index contributed by atoms with van der Waals surface area (Å²) in [6, 6.07) is 10.8. The number of carbonyl (C=O) groups is 1. The monoisotopic (exact) mass is 328 g/mol. The normalized spacial score (nSPS) is 17.9. The van der Waals surface area contributed by atoms with Gasteiger partial charge < -0.3 is 4.90 Å². The third-order valence-electron chi connectivity index (χ3n) is 4.52. The Bertz CT molecular complexity index is 650. The maximum atomic E-state index is 12.6. The Morgan fingerprint density at radius 2 is 2.13 bits per heavy atom. The van der Waals surface area contributed by atoms with Crippen LogP contribution in [0.15, 0.2) is 35.7 Å². The second-order valence-electron chi connectivity index (χ2n) is 6.61. The van der Waals surface area contributed by atoms with Crippen LogP contribution in [0.1, 0.15) is 43.0 Å². The fraction of sp³-hybridized carbons (Fsp3) is 0.474. The number of likely N-dealkylation sites (tertiary alicyclic amines) is 1. The zero-order valence-corrected chi connectivity index (χ0v) is 14.7. The van der Waals surface area contributed by atoms with Crippen molar-refractivity contribution in [2.75, 3.05) is 6.54 Å². The molecule has 0 saturated carbocycles. The highest BCUT2D eigenvalue weighted by molar-refractivity contribution is 7.09. The Morgan fingerprint density at radius 3 is 2.87 bits per heavy atom. The van der Waals surface area contributed by atoms with Crippen molar-refractivity contribution < 1.29 is 4.79 Å². The van der Waals surface area contributed by atoms with E-state index in [2.05, 4.69) is 35.9 Å². The molecule has 0 N–H and O–H groups in total. The maximum absolute atomic E-state index is 12.6. The molecule has 3 nitrogen and oxygen atoms in total. The first-order chi connectivity index (χ1) is 11.1. The Kier molecular flexibility index (Phi) is 5.11. The zero-order chi connectivity index (χ0) is 16.2. The number of nitrogens with zero attached hydrogens (tertiary/aromatic N) is 2. The van der Waals surface area contributed by atoms with E-state index in [1.165, 1.54) is 5.56 Å². The topological polar surface area (TPSA) is 33.2 Å². The summed E-state index contributed by atoms with van der Waals surface area (Å²) >= 11 is 1.65. The molecule has 1 aromatic carbocycles. The fourth-order valence-electron chi connectivity index (χ4n) is 3.33. The highest BCUT2D eigenvalue weighted by atomic mass is 32.1. The molecule has 1 aliphatic heterocycles. The molecular weight excluding hydrogens is 304 g/mol. The number of benzene rings is 1. The molecule has 1 atom stereocenters. The number of hydrogen-bond acceptors (Lipinski definition) is 3. The number of aromatic nitrogens is 1. The minimum absolute atomic E-state index is 0.234. The van der Waals surface area contributed by atoms with Crippen molar-refractivity contribution in [2.24, 2.45) is 5.92 Å². The van der Waals surface area contributed by atoms with Gasteiger partial charge in [-0.15, -0.1) is 11.3 Å². The van der Waals surface area contributed by atoms with Crippen LogP contribution in [0.5, 0.6) is 0 Å². The van der Waals surface area contributed by atoms with Crippen molar-refractivity contribution in [2.45, 2.75) is 45.6 Å². The van der Waals surface area contributed by atoms with E-state index in [0.717, 1.165) is 36.5 Å². The van der Waals surface area contributed by atoms with Gasteiger partial charge in [-0.2, -0.15) is 0 Å². The minimum atomic E-state index is 0.234. The molecule has 1 fully saturated rings. The summed E-state index contributed by atoms with van der Waals surface area (Å²) in [5.74, 6) is 0.767. The van der Waals surface area contributed by atoms with Crippen LogP contribution >= 0.6 is 11.3 Å². The molecule has 2 heterocycles. The van der Waals surface area contributed by atoms with Crippen molar-refractivity contribution in [1.82, 2.24) is 9.88 Å². The van der Waals surface area contributed by atoms with Crippen molar-refractivity contribution in [3.05, 3.63) is 52.0 Å². The van der Waals surface area contributed by atoms with Crippen molar-refractivity contribution in [3.8, 4) is 0 Å². The molecule has 4 heteroatoms. The molecule has 1 aromatic heterocycles. The van der Waals surface area contributed by atoms with E-state index in [1.54, 1.807) is 11.3 Å². The molecule has 23 heavy (non-hydrogen) atoms. The van der Waals surface area contributed by atoms with Gasteiger partial charge in [-0.05, 0) is 24.3 Å². The quantitative estimate of drug-likeness (QED) is 0.833. The van der Waals surface area contributed by atoms with Crippen molar-refractivity contribution in [1.29, 1.82) is 0 Å². The predicted octanol–water partition coefficient (Wildman–Crippen LogP) is 3.92. The van der Waals surface area contributed by atoms with Crippen molar-refractivity contribution >= 4 is 17.2 Å². The maximum Gasteiger partial charge on any atom is 0.228 e. The summed E-state index contributed by atoms with van der Waals surface area (Å²) < 4.78 is 0. The third-order valence-corrected chi connectivity index (χ3v) is 5.42. The Hall–Kier alpha value is -1.68. The lowest BCUT2D eigenvalue weighted by Gasteiger charge is -2.27. The number of hydrogen-bond donors (Lipinski definition) is 0. The summed E-state index contributed by atoms with van der Waals surface area (Å²) in [4.78, 5) is 19.3. The predicted molar refractivity (Wildman–Crippen MR) is 94.6 cm³/mol. The van der Waals surface area contributed by atoms with Gasteiger partial charge in [0, 0.05) is 24.4 Å². The molecule has 1 aliphatic rings. The summed E-state index contributed by atoms with van der Waals surface area (Å²) in [6.45, 7) is 5.32. The first-order valence-corrected chi connectivity index (χ1v) is 9.28. The summed E-state index contributed by atoms with van der Waals surface area (Å²) in [7, 11) is 0. The first-order valence-electron chi connectivity index (χ1n) is 8.40. The SMILES string of the molecule is CC(C)[C@H]1CCCN1C(=O)Cc1csc(Cc2ccccc2)n1. The number of carbonyl (C=O) groups excluding carboxylic acids is 1. The third kappa shape index (κ3) is 3.99. The Morgan fingerprint density at radius 1 is 1.35 bits per heavy atom. The van der Waals surface area contributed by atoms with E-state index >= 15 is 0 Å². The van der Waals surface area contributed by atoms with Crippen LogP contribution in [0.2, 0.25) is 0 Å². The smallest absolute Gasteiger partial charge is 0.228 e. The largest absolute Gasteiger partial charge is 0.339 e. The minimum Gasteiger partial charge on any atom is -0.339 e. The molecule has 1 amide bonds. The van der Waals surface area contributed by atoms with E-state index in [1.807, 2.05) is 23.6 Å². The van der Waals surface area contributed by atoms with E-state index in [9.17, 15) is 4.79 Å². The van der Waals surface area contributed by atoms with Crippen LogP contribution in [-0.2, 0) is 17.6 Å². The van der Waals surface area contributed by atoms with Gasteiger partial charge in [-0.3, -0.25) is 4.79 Å². The van der Waals surface area contributed by atoms with E-state index in [0.29, 0.717) is 18.4 Å². The van der Waals surface area contributed by atoms with Gasteiger partial charge in [-0.25, -0.2) is 4.98 Å². The molecule has 0 bridgehead atoms. The average molecular weight is 328 g/mol. The Labute approximate surface area is 142 Å². The number of rotatable bonds is 5. The van der Waals surface area contributed by atoms with E-state index in [-0.39, 0.29) is 5.91 Å². The van der Waals surface area contributed by atoms with Gasteiger partial charge in [-0.1, -0.05) is 44.2 Å². The number of amides is 1. The lowest BCUT2D eigenvalue weighted by molar-refractivity contribution is -0.132. The lowest BCUT2D eigenvalue weighted by Crippen LogP contribution is -2.39. The zero-order valence-electron chi connectivity index (χ0n) is 13.9. The molecule has 1 saturated heterocycles. The molecule has 0 aliphatic carbocycles. The second kappa shape index (κ2) is 7.26. The van der Waals surface area contributed by atoms with Crippen LogP contribution in [-0.4, -0.2) is 28.4 Å². The average Bonchev–Trinajstić information content (AvgIpc) is 3.17. The first kappa shape index (κ1) is 16.2. The van der Waals surface area contributed by atoms with Gasteiger partial charge in [0.15, 0.2) is 0 Å². The van der Waals surface area contributed by atoms with Gasteiger partial charge in [0.1, 0.15) is 0 Å². The lowest BCUT2D eigenvalue weighted by atomic mass is 10.0. The van der Waals surface area contributed by atoms with Gasteiger partial charge in [0.05, 0.1) is 17.1 Å². The van der Waals surface area contributed by atoms with Crippen LogP contribution in [0, 0.1) is 5.92 Å². The van der Waals surface area contributed by atoms with Crippen LogP contribution in [0.3, 0.4) is 0 Å². The molecule has 0 radical (unpaired) electrons. The van der Waals surface area contributed by atoms with E-state index < -0.39 is 0 Å². The summed E-state index contributed by atoms with van der Waals surface area (Å²) in [5.41, 5.74) is 2.18. The highest BCUT2D eigenvalue weighted by Crippen LogP contribution is 2.25. The fourth-order valence-corrected chi connectivity index (χ4v) is 4.16. The summed E-state index contributed by atoms with van der Waals surface area (Å²) in [5, 5.41) is 3.12. The van der Waals surface area contributed by atoms with Gasteiger partial charge >= 0.3 is 0 Å². The van der Waals surface area contributed by atoms with E-state index in [4.69, 9.17) is 0 Å². The molecular formula is C19H24N2OS.